The van der Waals surface area contributed by atoms with Gasteiger partial charge in [0.2, 0.25) is 0 Å². The van der Waals surface area contributed by atoms with Gasteiger partial charge in [0.1, 0.15) is 5.75 Å². The molecule has 156 valence electrons. The van der Waals surface area contributed by atoms with E-state index in [0.29, 0.717) is 11.4 Å². The van der Waals surface area contributed by atoms with Gasteiger partial charge in [-0.15, -0.1) is 0 Å². The van der Waals surface area contributed by atoms with Gasteiger partial charge in [-0.2, -0.15) is 0 Å². The molecule has 0 aliphatic rings. The van der Waals surface area contributed by atoms with Crippen molar-refractivity contribution in [3.05, 3.63) is 83.4 Å². The molecule has 0 heterocycles. The minimum absolute atomic E-state index is 0.107. The molecule has 0 atom stereocenters. The predicted molar refractivity (Wildman–Crippen MR) is 118 cm³/mol. The molecule has 30 heavy (non-hydrogen) atoms. The lowest BCUT2D eigenvalue weighted by molar-refractivity contribution is -0.118. The second-order valence-corrected chi connectivity index (χ2v) is 8.73. The fourth-order valence-electron chi connectivity index (χ4n) is 2.89. The van der Waals surface area contributed by atoms with Crippen LogP contribution in [0.1, 0.15) is 16.7 Å². The van der Waals surface area contributed by atoms with E-state index in [1.807, 2.05) is 51.1 Å². The molecule has 3 aromatic rings. The van der Waals surface area contributed by atoms with Crippen molar-refractivity contribution >= 4 is 27.3 Å². The third-order valence-corrected chi connectivity index (χ3v) is 5.95. The summed E-state index contributed by atoms with van der Waals surface area (Å²) in [6, 6.07) is 18.8. The lowest BCUT2D eigenvalue weighted by atomic mass is 10.1. The number of nitrogens with one attached hydrogen (secondary N) is 2. The van der Waals surface area contributed by atoms with E-state index < -0.39 is 10.0 Å². The maximum atomic E-state index is 12.5. The number of anilines is 2. The van der Waals surface area contributed by atoms with Crippen molar-refractivity contribution in [3.63, 3.8) is 0 Å². The molecule has 0 aliphatic carbocycles. The summed E-state index contributed by atoms with van der Waals surface area (Å²) in [5.74, 6) is 0.117. The normalized spacial score (nSPS) is 11.0. The van der Waals surface area contributed by atoms with E-state index in [0.717, 1.165) is 22.4 Å². The monoisotopic (exact) mass is 424 g/mol. The Morgan fingerprint density at radius 3 is 2.07 bits per heavy atom. The summed E-state index contributed by atoms with van der Waals surface area (Å²) in [4.78, 5) is 12.3. The molecular weight excluding hydrogens is 400 g/mol. The van der Waals surface area contributed by atoms with Crippen molar-refractivity contribution in [1.29, 1.82) is 0 Å². The maximum Gasteiger partial charge on any atom is 0.262 e. The van der Waals surface area contributed by atoms with Crippen molar-refractivity contribution < 1.29 is 17.9 Å². The molecule has 0 unspecified atom stereocenters. The topological polar surface area (TPSA) is 84.5 Å². The van der Waals surface area contributed by atoms with Crippen LogP contribution in [-0.2, 0) is 14.8 Å². The first-order chi connectivity index (χ1) is 14.2. The lowest BCUT2D eigenvalue weighted by Crippen LogP contribution is -2.21. The quantitative estimate of drug-likeness (QED) is 0.588. The number of ether oxygens (including phenoxy) is 1. The average molecular weight is 425 g/mol. The Kier molecular flexibility index (Phi) is 6.42. The lowest BCUT2D eigenvalue weighted by Gasteiger charge is -2.12. The van der Waals surface area contributed by atoms with Crippen LogP contribution in [0.3, 0.4) is 0 Å². The first-order valence-corrected chi connectivity index (χ1v) is 10.9. The summed E-state index contributed by atoms with van der Waals surface area (Å²) in [7, 11) is -3.71. The first-order valence-electron chi connectivity index (χ1n) is 9.43. The molecule has 0 saturated heterocycles. The number of sulfonamides is 1. The number of carbonyl (C=O) groups excluding carboxylic acids is 1. The van der Waals surface area contributed by atoms with Gasteiger partial charge in [0.05, 0.1) is 4.90 Å². The molecule has 0 bridgehead atoms. The highest BCUT2D eigenvalue weighted by molar-refractivity contribution is 7.92. The summed E-state index contributed by atoms with van der Waals surface area (Å²) >= 11 is 0. The van der Waals surface area contributed by atoms with E-state index in [9.17, 15) is 13.2 Å². The molecule has 0 fully saturated rings. The summed E-state index contributed by atoms with van der Waals surface area (Å²) in [5.41, 5.74) is 4.25. The number of aryl methyl sites for hydroxylation is 3. The van der Waals surface area contributed by atoms with Crippen LogP contribution in [0.4, 0.5) is 11.4 Å². The number of hydrogen-bond donors (Lipinski definition) is 2. The summed E-state index contributed by atoms with van der Waals surface area (Å²) in [6.45, 7) is 5.60. The van der Waals surface area contributed by atoms with Gasteiger partial charge in [-0.25, -0.2) is 8.42 Å². The van der Waals surface area contributed by atoms with Gasteiger partial charge in [0.25, 0.3) is 15.9 Å². The summed E-state index contributed by atoms with van der Waals surface area (Å²) in [5, 5.41) is 2.85. The van der Waals surface area contributed by atoms with E-state index in [1.165, 1.54) is 24.3 Å². The smallest absolute Gasteiger partial charge is 0.262 e. The molecule has 7 heteroatoms. The van der Waals surface area contributed by atoms with Crippen LogP contribution >= 0.6 is 0 Å². The highest BCUT2D eigenvalue weighted by Gasteiger charge is 2.14. The molecule has 0 saturated carbocycles. The van der Waals surface area contributed by atoms with Gasteiger partial charge in [-0.3, -0.25) is 9.52 Å². The standard InChI is InChI=1S/C23H24N2O4S/c1-16-7-9-19(10-8-16)25-30(27,28)21-13-11-20(12-14-21)29-15-22(26)24-23-17(2)5-4-6-18(23)3/h4-14,25H,15H2,1-3H3,(H,24,26). The summed E-state index contributed by atoms with van der Waals surface area (Å²) < 4.78 is 33.1. The van der Waals surface area contributed by atoms with E-state index in [2.05, 4.69) is 10.0 Å². The van der Waals surface area contributed by atoms with Gasteiger partial charge in [0.15, 0.2) is 6.61 Å². The highest BCUT2D eigenvalue weighted by atomic mass is 32.2. The molecular formula is C23H24N2O4S. The van der Waals surface area contributed by atoms with Gasteiger partial charge in [0, 0.05) is 11.4 Å². The largest absolute Gasteiger partial charge is 0.484 e. The van der Waals surface area contributed by atoms with Crippen molar-refractivity contribution in [2.75, 3.05) is 16.6 Å². The highest BCUT2D eigenvalue weighted by Crippen LogP contribution is 2.21. The van der Waals surface area contributed by atoms with Crippen LogP contribution in [0.5, 0.6) is 5.75 Å². The Labute approximate surface area is 177 Å². The molecule has 3 aromatic carbocycles. The zero-order valence-corrected chi connectivity index (χ0v) is 17.9. The van der Waals surface area contributed by atoms with E-state index in [4.69, 9.17) is 4.74 Å². The zero-order valence-electron chi connectivity index (χ0n) is 17.1. The van der Waals surface area contributed by atoms with Crippen LogP contribution < -0.4 is 14.8 Å². The van der Waals surface area contributed by atoms with Crippen LogP contribution in [0.25, 0.3) is 0 Å². The van der Waals surface area contributed by atoms with Gasteiger partial charge < -0.3 is 10.1 Å². The van der Waals surface area contributed by atoms with Crippen molar-refractivity contribution in [2.45, 2.75) is 25.7 Å². The van der Waals surface area contributed by atoms with Gasteiger partial charge in [-0.1, -0.05) is 35.9 Å². The molecule has 0 radical (unpaired) electrons. The third-order valence-electron chi connectivity index (χ3n) is 4.55. The van der Waals surface area contributed by atoms with Gasteiger partial charge in [-0.05, 0) is 68.3 Å². The fraction of sp³-hybridized carbons (Fsp3) is 0.174. The SMILES string of the molecule is Cc1ccc(NS(=O)(=O)c2ccc(OCC(=O)Nc3c(C)cccc3C)cc2)cc1. The maximum absolute atomic E-state index is 12.5. The molecule has 2 N–H and O–H groups in total. The second kappa shape index (κ2) is 9.00. The Hall–Kier alpha value is -3.32. The Morgan fingerprint density at radius 2 is 1.47 bits per heavy atom. The van der Waals surface area contributed by atoms with Crippen molar-refractivity contribution in [1.82, 2.24) is 0 Å². The number of hydrogen-bond acceptors (Lipinski definition) is 4. The molecule has 1 amide bonds. The Balaban J connectivity index is 1.60. The van der Waals surface area contributed by atoms with Crippen LogP contribution in [0, 0.1) is 20.8 Å². The van der Waals surface area contributed by atoms with Crippen LogP contribution in [0.15, 0.2) is 71.6 Å². The Bertz CT molecular complexity index is 1120. The molecule has 3 rings (SSSR count). The number of rotatable bonds is 7. The van der Waals surface area contributed by atoms with E-state index in [-0.39, 0.29) is 17.4 Å². The second-order valence-electron chi connectivity index (χ2n) is 7.05. The number of benzene rings is 3. The predicted octanol–water partition coefficient (Wildman–Crippen LogP) is 4.43. The van der Waals surface area contributed by atoms with Crippen molar-refractivity contribution in [2.24, 2.45) is 0 Å². The zero-order chi connectivity index (χ0) is 21.7. The number of para-hydroxylation sites is 1. The number of amides is 1. The van der Waals surface area contributed by atoms with E-state index in [1.54, 1.807) is 12.1 Å². The molecule has 0 aliphatic heterocycles. The first kappa shape index (κ1) is 21.4. The summed E-state index contributed by atoms with van der Waals surface area (Å²) in [6.07, 6.45) is 0. The minimum Gasteiger partial charge on any atom is -0.484 e. The van der Waals surface area contributed by atoms with Crippen LogP contribution in [-0.4, -0.2) is 20.9 Å². The molecule has 6 nitrogen and oxygen atoms in total. The fourth-order valence-corrected chi connectivity index (χ4v) is 3.95. The van der Waals surface area contributed by atoms with Crippen LogP contribution in [0.2, 0.25) is 0 Å². The van der Waals surface area contributed by atoms with Gasteiger partial charge >= 0.3 is 0 Å². The molecule has 0 aromatic heterocycles. The van der Waals surface area contributed by atoms with Crippen molar-refractivity contribution in [3.8, 4) is 5.75 Å². The Morgan fingerprint density at radius 1 is 0.867 bits per heavy atom. The average Bonchev–Trinajstić information content (AvgIpc) is 2.71. The number of carbonyl (C=O) groups is 1. The van der Waals surface area contributed by atoms with E-state index >= 15 is 0 Å². The third kappa shape index (κ3) is 5.39. The minimum atomic E-state index is -3.71. The molecule has 0 spiro atoms.